The molecule has 0 bridgehead atoms. The number of Topliss-reactive ketones (excluding diaryl/α,β-unsaturated/α-hetero) is 1. The van der Waals surface area contributed by atoms with Crippen LogP contribution in [0.5, 0.6) is 11.5 Å². The summed E-state index contributed by atoms with van der Waals surface area (Å²) in [6.45, 7) is 0.928. The van der Waals surface area contributed by atoms with Crippen molar-refractivity contribution in [2.45, 2.75) is 12.8 Å². The number of amides is 1. The fourth-order valence-corrected chi connectivity index (χ4v) is 3.31. The quantitative estimate of drug-likeness (QED) is 0.582. The number of fused-ring (bicyclic) bond motifs is 1. The van der Waals surface area contributed by atoms with Crippen LogP contribution in [0.2, 0.25) is 0 Å². The highest BCUT2D eigenvalue weighted by atomic mass is 16.6. The number of ketones is 2. The van der Waals surface area contributed by atoms with Gasteiger partial charge in [0.25, 0.3) is 0 Å². The molecule has 4 rings (SSSR count). The van der Waals surface area contributed by atoms with Crippen LogP contribution in [-0.2, 0) is 4.79 Å². The Kier molecular flexibility index (Phi) is 6.08. The molecule has 1 heterocycles. The maximum absolute atomic E-state index is 12.6. The van der Waals surface area contributed by atoms with Crippen LogP contribution in [0.15, 0.2) is 72.8 Å². The Hall–Kier alpha value is -3.93. The van der Waals surface area contributed by atoms with Crippen molar-refractivity contribution in [1.29, 1.82) is 0 Å². The van der Waals surface area contributed by atoms with E-state index in [0.29, 0.717) is 47.1 Å². The van der Waals surface area contributed by atoms with Crippen LogP contribution < -0.4 is 14.8 Å². The summed E-state index contributed by atoms with van der Waals surface area (Å²) in [5, 5.41) is 2.76. The van der Waals surface area contributed by atoms with E-state index < -0.39 is 0 Å². The van der Waals surface area contributed by atoms with Gasteiger partial charge in [-0.15, -0.1) is 0 Å². The van der Waals surface area contributed by atoms with E-state index in [2.05, 4.69) is 5.32 Å². The zero-order valence-corrected chi connectivity index (χ0v) is 16.8. The van der Waals surface area contributed by atoms with E-state index in [4.69, 9.17) is 9.47 Å². The summed E-state index contributed by atoms with van der Waals surface area (Å²) in [7, 11) is 0. The van der Waals surface area contributed by atoms with Gasteiger partial charge in [0.15, 0.2) is 23.1 Å². The molecular weight excluding hydrogens is 394 g/mol. The highest BCUT2D eigenvalue weighted by Gasteiger charge is 2.16. The van der Waals surface area contributed by atoms with Crippen LogP contribution in [0.25, 0.3) is 0 Å². The van der Waals surface area contributed by atoms with Gasteiger partial charge in [-0.05, 0) is 30.3 Å². The number of carbonyl (C=O) groups is 3. The third-order valence-electron chi connectivity index (χ3n) is 4.89. The molecule has 0 saturated heterocycles. The van der Waals surface area contributed by atoms with E-state index >= 15 is 0 Å². The monoisotopic (exact) mass is 415 g/mol. The molecule has 0 aliphatic carbocycles. The summed E-state index contributed by atoms with van der Waals surface area (Å²) >= 11 is 0. The number of rotatable bonds is 7. The lowest BCUT2D eigenvalue weighted by molar-refractivity contribution is -0.116. The lowest BCUT2D eigenvalue weighted by Gasteiger charge is -2.18. The molecule has 0 atom stereocenters. The van der Waals surface area contributed by atoms with Gasteiger partial charge >= 0.3 is 0 Å². The fourth-order valence-electron chi connectivity index (χ4n) is 3.31. The van der Waals surface area contributed by atoms with Crippen molar-refractivity contribution in [2.75, 3.05) is 18.5 Å². The summed E-state index contributed by atoms with van der Waals surface area (Å²) in [6.07, 6.45) is 0.0955. The van der Waals surface area contributed by atoms with Crippen molar-refractivity contribution < 1.29 is 23.9 Å². The van der Waals surface area contributed by atoms with Gasteiger partial charge in [-0.1, -0.05) is 42.5 Å². The predicted molar refractivity (Wildman–Crippen MR) is 116 cm³/mol. The third-order valence-corrected chi connectivity index (χ3v) is 4.89. The Bertz CT molecular complexity index is 1120. The Labute approximate surface area is 179 Å². The summed E-state index contributed by atoms with van der Waals surface area (Å²) < 4.78 is 11.0. The zero-order valence-electron chi connectivity index (χ0n) is 16.8. The summed E-state index contributed by atoms with van der Waals surface area (Å²) in [6, 6.07) is 20.7. The summed E-state index contributed by atoms with van der Waals surface area (Å²) in [4.78, 5) is 37.4. The van der Waals surface area contributed by atoms with Gasteiger partial charge in [-0.25, -0.2) is 0 Å². The number of benzene rings is 3. The first-order valence-electron chi connectivity index (χ1n) is 10.0. The average Bonchev–Trinajstić information content (AvgIpc) is 2.82. The second kappa shape index (κ2) is 9.26. The van der Waals surface area contributed by atoms with Gasteiger partial charge in [0.05, 0.1) is 0 Å². The zero-order chi connectivity index (χ0) is 21.6. The average molecular weight is 415 g/mol. The van der Waals surface area contributed by atoms with E-state index in [1.54, 1.807) is 66.7 Å². The van der Waals surface area contributed by atoms with Gasteiger partial charge in [-0.3, -0.25) is 14.4 Å². The molecule has 0 saturated carbocycles. The number of anilines is 1. The standard InChI is InChI=1S/C25H21NO5/c27-21(18-9-11-22-23(16-18)31-14-13-30-22)10-12-24(28)26-20-8-4-7-19(15-20)25(29)17-5-2-1-3-6-17/h1-9,11,15-16H,10,12-14H2,(H,26,28). The summed E-state index contributed by atoms with van der Waals surface area (Å²) in [5.41, 5.74) is 2.05. The van der Waals surface area contributed by atoms with E-state index in [1.807, 2.05) is 6.07 Å². The Morgan fingerprint density at radius 3 is 2.26 bits per heavy atom. The predicted octanol–water partition coefficient (Wildman–Crippen LogP) is 4.29. The molecule has 0 aromatic heterocycles. The summed E-state index contributed by atoms with van der Waals surface area (Å²) in [5.74, 6) is 0.591. The second-order valence-electron chi connectivity index (χ2n) is 7.11. The van der Waals surface area contributed by atoms with E-state index in [1.165, 1.54) is 0 Å². The molecule has 6 heteroatoms. The Morgan fingerprint density at radius 2 is 1.45 bits per heavy atom. The van der Waals surface area contributed by atoms with Crippen molar-refractivity contribution in [2.24, 2.45) is 0 Å². The Morgan fingerprint density at radius 1 is 0.710 bits per heavy atom. The maximum atomic E-state index is 12.6. The lowest BCUT2D eigenvalue weighted by atomic mass is 10.0. The topological polar surface area (TPSA) is 81.7 Å². The lowest BCUT2D eigenvalue weighted by Crippen LogP contribution is -2.16. The molecule has 1 aliphatic heterocycles. The minimum absolute atomic E-state index is 0.0319. The first-order valence-corrected chi connectivity index (χ1v) is 10.0. The van der Waals surface area contributed by atoms with Crippen molar-refractivity contribution >= 4 is 23.2 Å². The SMILES string of the molecule is O=C(CCC(=O)c1ccc2c(c1)OCCO2)Nc1cccc(C(=O)c2ccccc2)c1. The molecule has 0 spiro atoms. The third kappa shape index (κ3) is 4.98. The first-order chi connectivity index (χ1) is 15.1. The van der Waals surface area contributed by atoms with Gasteiger partial charge in [0.2, 0.25) is 5.91 Å². The highest BCUT2D eigenvalue weighted by molar-refractivity contribution is 6.09. The molecule has 1 aliphatic rings. The maximum Gasteiger partial charge on any atom is 0.224 e. The van der Waals surface area contributed by atoms with Crippen molar-refractivity contribution in [1.82, 2.24) is 0 Å². The van der Waals surface area contributed by atoms with Crippen LogP contribution in [0, 0.1) is 0 Å². The van der Waals surface area contributed by atoms with Gasteiger partial charge < -0.3 is 14.8 Å². The van der Waals surface area contributed by atoms with Crippen LogP contribution >= 0.6 is 0 Å². The molecule has 3 aromatic rings. The molecule has 6 nitrogen and oxygen atoms in total. The van der Waals surface area contributed by atoms with Gasteiger partial charge in [-0.2, -0.15) is 0 Å². The number of hydrogen-bond donors (Lipinski definition) is 1. The number of ether oxygens (including phenoxy) is 2. The van der Waals surface area contributed by atoms with Gasteiger partial charge in [0, 0.05) is 35.2 Å². The minimum atomic E-state index is -0.296. The van der Waals surface area contributed by atoms with Crippen LogP contribution in [0.1, 0.15) is 39.1 Å². The first kappa shape index (κ1) is 20.3. The van der Waals surface area contributed by atoms with Crippen molar-refractivity contribution in [3.05, 3.63) is 89.5 Å². The van der Waals surface area contributed by atoms with Gasteiger partial charge in [0.1, 0.15) is 13.2 Å². The van der Waals surface area contributed by atoms with E-state index in [-0.39, 0.29) is 30.3 Å². The molecule has 31 heavy (non-hydrogen) atoms. The largest absolute Gasteiger partial charge is 0.486 e. The Balaban J connectivity index is 1.35. The van der Waals surface area contributed by atoms with E-state index in [0.717, 1.165) is 0 Å². The second-order valence-corrected chi connectivity index (χ2v) is 7.11. The molecule has 3 aromatic carbocycles. The molecule has 1 N–H and O–H groups in total. The molecule has 0 fully saturated rings. The smallest absolute Gasteiger partial charge is 0.224 e. The molecule has 1 amide bonds. The highest BCUT2D eigenvalue weighted by Crippen LogP contribution is 2.31. The fraction of sp³-hybridized carbons (Fsp3) is 0.160. The van der Waals surface area contributed by atoms with Crippen LogP contribution in [0.3, 0.4) is 0 Å². The van der Waals surface area contributed by atoms with Crippen molar-refractivity contribution in [3.63, 3.8) is 0 Å². The van der Waals surface area contributed by atoms with E-state index in [9.17, 15) is 14.4 Å². The van der Waals surface area contributed by atoms with Crippen molar-refractivity contribution in [3.8, 4) is 11.5 Å². The van der Waals surface area contributed by atoms with Crippen LogP contribution in [-0.4, -0.2) is 30.7 Å². The normalized spacial score (nSPS) is 12.1. The molecular formula is C25H21NO5. The minimum Gasteiger partial charge on any atom is -0.486 e. The number of nitrogens with one attached hydrogen (secondary N) is 1. The van der Waals surface area contributed by atoms with Crippen LogP contribution in [0.4, 0.5) is 5.69 Å². The number of carbonyl (C=O) groups excluding carboxylic acids is 3. The number of hydrogen-bond acceptors (Lipinski definition) is 5. The molecule has 0 unspecified atom stereocenters. The molecule has 0 radical (unpaired) electrons. The molecule has 156 valence electrons.